The summed E-state index contributed by atoms with van der Waals surface area (Å²) >= 11 is 3.10. The summed E-state index contributed by atoms with van der Waals surface area (Å²) in [6, 6.07) is 5.87. The van der Waals surface area contributed by atoms with E-state index >= 15 is 0 Å². The average Bonchev–Trinajstić information content (AvgIpc) is 2.41. The van der Waals surface area contributed by atoms with Crippen LogP contribution in [0.1, 0.15) is 10.4 Å². The lowest BCUT2D eigenvalue weighted by Gasteiger charge is -2.09. The fourth-order valence-corrected chi connectivity index (χ4v) is 1.89. The smallest absolute Gasteiger partial charge is 0.339 e. The second-order valence-corrected chi connectivity index (χ2v) is 4.48. The van der Waals surface area contributed by atoms with E-state index in [0.717, 1.165) is 6.20 Å². The van der Waals surface area contributed by atoms with Crippen LogP contribution in [0, 0.1) is 10.1 Å². The predicted octanol–water partition coefficient (Wildman–Crippen LogP) is 3.24. The van der Waals surface area contributed by atoms with Gasteiger partial charge in [0.05, 0.1) is 9.40 Å². The van der Waals surface area contributed by atoms with Crippen LogP contribution >= 0.6 is 15.9 Å². The van der Waals surface area contributed by atoms with Crippen molar-refractivity contribution in [3.8, 4) is 11.5 Å². The lowest BCUT2D eigenvalue weighted by molar-refractivity contribution is -0.386. The zero-order chi connectivity index (χ0) is 14.7. The van der Waals surface area contributed by atoms with Crippen molar-refractivity contribution in [1.82, 2.24) is 4.98 Å². The van der Waals surface area contributed by atoms with Crippen molar-refractivity contribution in [2.24, 2.45) is 0 Å². The molecule has 20 heavy (non-hydrogen) atoms. The fourth-order valence-electron chi connectivity index (χ4n) is 1.49. The number of carboxylic acid groups (broad SMARTS) is 1. The number of pyridine rings is 1. The molecule has 0 aliphatic rings. The standard InChI is InChI=1S/C12H7BrN2O5/c13-8-5-14-6-9(15(18)19)11(8)20-10-4-2-1-3-7(10)12(16)17/h1-6H,(H,16,17). The molecule has 0 saturated heterocycles. The number of hydrogen-bond acceptors (Lipinski definition) is 5. The number of halogens is 1. The van der Waals surface area contributed by atoms with Crippen LogP contribution in [-0.2, 0) is 0 Å². The molecule has 0 saturated carbocycles. The minimum absolute atomic E-state index is 0.00926. The molecular formula is C12H7BrN2O5. The Hall–Kier alpha value is -2.48. The van der Waals surface area contributed by atoms with Crippen molar-refractivity contribution in [2.75, 3.05) is 0 Å². The van der Waals surface area contributed by atoms with Gasteiger partial charge >= 0.3 is 11.7 Å². The summed E-state index contributed by atoms with van der Waals surface area (Å²) in [4.78, 5) is 25.0. The van der Waals surface area contributed by atoms with E-state index in [1.54, 1.807) is 6.07 Å². The van der Waals surface area contributed by atoms with Gasteiger partial charge in [0.1, 0.15) is 17.5 Å². The van der Waals surface area contributed by atoms with Crippen LogP contribution in [0.4, 0.5) is 5.69 Å². The number of benzene rings is 1. The number of nitrogens with zero attached hydrogens (tertiary/aromatic N) is 2. The molecule has 1 heterocycles. The molecule has 0 atom stereocenters. The first kappa shape index (κ1) is 13.9. The SMILES string of the molecule is O=C(O)c1ccccc1Oc1c(Br)cncc1[N+](=O)[O-]. The number of rotatable bonds is 4. The molecule has 2 rings (SSSR count). The van der Waals surface area contributed by atoms with Crippen molar-refractivity contribution in [2.45, 2.75) is 0 Å². The third-order valence-corrected chi connectivity index (χ3v) is 2.93. The fraction of sp³-hybridized carbons (Fsp3) is 0. The summed E-state index contributed by atoms with van der Waals surface area (Å²) in [6.07, 6.45) is 2.36. The third-order valence-electron chi connectivity index (χ3n) is 2.36. The molecule has 2 aromatic rings. The van der Waals surface area contributed by atoms with Gasteiger partial charge in [-0.25, -0.2) is 4.79 Å². The second kappa shape index (κ2) is 5.66. The van der Waals surface area contributed by atoms with Crippen molar-refractivity contribution >= 4 is 27.6 Å². The Morgan fingerprint density at radius 3 is 2.70 bits per heavy atom. The number of nitro groups is 1. The minimum atomic E-state index is -1.19. The molecule has 8 heteroatoms. The highest BCUT2D eigenvalue weighted by Crippen LogP contribution is 2.38. The Labute approximate surface area is 121 Å². The van der Waals surface area contributed by atoms with Crippen LogP contribution in [0.5, 0.6) is 11.5 Å². The Morgan fingerprint density at radius 2 is 2.05 bits per heavy atom. The average molecular weight is 339 g/mol. The highest BCUT2D eigenvalue weighted by Gasteiger charge is 2.21. The maximum Gasteiger partial charge on any atom is 0.339 e. The van der Waals surface area contributed by atoms with Gasteiger partial charge in [-0.2, -0.15) is 0 Å². The first-order chi connectivity index (χ1) is 9.50. The van der Waals surface area contributed by atoms with Gasteiger partial charge in [0.25, 0.3) is 0 Å². The van der Waals surface area contributed by atoms with Gasteiger partial charge in [-0.05, 0) is 28.1 Å². The molecule has 1 aromatic carbocycles. The van der Waals surface area contributed by atoms with Gasteiger partial charge < -0.3 is 9.84 Å². The molecule has 0 spiro atoms. The molecule has 0 fully saturated rings. The number of aromatic carboxylic acids is 1. The summed E-state index contributed by atoms with van der Waals surface area (Å²) in [5.74, 6) is -1.28. The van der Waals surface area contributed by atoms with Crippen molar-refractivity contribution in [3.05, 3.63) is 56.8 Å². The maximum atomic E-state index is 11.1. The highest BCUT2D eigenvalue weighted by atomic mass is 79.9. The van der Waals surface area contributed by atoms with E-state index in [4.69, 9.17) is 9.84 Å². The molecule has 0 aliphatic heterocycles. The summed E-state index contributed by atoms with van der Waals surface area (Å²) in [7, 11) is 0. The third kappa shape index (κ3) is 2.75. The van der Waals surface area contributed by atoms with Gasteiger partial charge in [-0.3, -0.25) is 15.1 Å². The van der Waals surface area contributed by atoms with Crippen LogP contribution in [-0.4, -0.2) is 21.0 Å². The number of ether oxygens (including phenoxy) is 1. The van der Waals surface area contributed by atoms with Gasteiger partial charge in [-0.15, -0.1) is 0 Å². The van der Waals surface area contributed by atoms with Gasteiger partial charge in [0.2, 0.25) is 5.75 Å². The molecule has 0 unspecified atom stereocenters. The summed E-state index contributed by atoms with van der Waals surface area (Å²) in [5, 5.41) is 20.0. The molecule has 102 valence electrons. The van der Waals surface area contributed by atoms with E-state index in [9.17, 15) is 14.9 Å². The van der Waals surface area contributed by atoms with E-state index in [1.807, 2.05) is 0 Å². The molecule has 1 N–H and O–H groups in total. The van der Waals surface area contributed by atoms with Crippen molar-refractivity contribution in [1.29, 1.82) is 0 Å². The molecule has 0 bridgehead atoms. The quantitative estimate of drug-likeness (QED) is 0.678. The Bertz CT molecular complexity index is 689. The topological polar surface area (TPSA) is 103 Å². The summed E-state index contributed by atoms with van der Waals surface area (Å²) < 4.78 is 5.64. The van der Waals surface area contributed by atoms with E-state index in [1.165, 1.54) is 24.4 Å². The Kier molecular flexibility index (Phi) is 3.94. The number of aromatic nitrogens is 1. The van der Waals surface area contributed by atoms with Gasteiger partial charge in [-0.1, -0.05) is 12.1 Å². The number of carbonyl (C=O) groups is 1. The monoisotopic (exact) mass is 338 g/mol. The van der Waals surface area contributed by atoms with E-state index < -0.39 is 10.9 Å². The van der Waals surface area contributed by atoms with Gasteiger partial charge in [0, 0.05) is 6.20 Å². The molecule has 0 radical (unpaired) electrons. The molecule has 7 nitrogen and oxygen atoms in total. The Morgan fingerprint density at radius 1 is 1.35 bits per heavy atom. The zero-order valence-corrected chi connectivity index (χ0v) is 11.4. The van der Waals surface area contributed by atoms with Crippen LogP contribution < -0.4 is 4.74 Å². The molecular weight excluding hydrogens is 332 g/mol. The zero-order valence-electron chi connectivity index (χ0n) is 9.82. The lowest BCUT2D eigenvalue weighted by Crippen LogP contribution is -2.01. The van der Waals surface area contributed by atoms with E-state index in [0.29, 0.717) is 0 Å². The normalized spacial score (nSPS) is 10.1. The van der Waals surface area contributed by atoms with Crippen molar-refractivity contribution < 1.29 is 19.6 Å². The van der Waals surface area contributed by atoms with E-state index in [-0.39, 0.29) is 27.2 Å². The number of para-hydroxylation sites is 1. The van der Waals surface area contributed by atoms with Gasteiger partial charge in [0.15, 0.2) is 0 Å². The minimum Gasteiger partial charge on any atom is -0.478 e. The number of hydrogen-bond donors (Lipinski definition) is 1. The Balaban J connectivity index is 2.51. The van der Waals surface area contributed by atoms with E-state index in [2.05, 4.69) is 20.9 Å². The van der Waals surface area contributed by atoms with Crippen molar-refractivity contribution in [3.63, 3.8) is 0 Å². The number of carboxylic acids is 1. The molecule has 0 amide bonds. The van der Waals surface area contributed by atoms with Crippen LogP contribution in [0.3, 0.4) is 0 Å². The van der Waals surface area contributed by atoms with Crippen LogP contribution in [0.2, 0.25) is 0 Å². The predicted molar refractivity (Wildman–Crippen MR) is 72.1 cm³/mol. The largest absolute Gasteiger partial charge is 0.478 e. The molecule has 0 aliphatic carbocycles. The second-order valence-electron chi connectivity index (χ2n) is 3.63. The first-order valence-corrected chi connectivity index (χ1v) is 6.08. The lowest BCUT2D eigenvalue weighted by atomic mass is 10.2. The first-order valence-electron chi connectivity index (χ1n) is 5.28. The van der Waals surface area contributed by atoms with Crippen LogP contribution in [0.15, 0.2) is 41.1 Å². The summed E-state index contributed by atoms with van der Waals surface area (Å²) in [6.45, 7) is 0. The molecule has 1 aromatic heterocycles. The highest BCUT2D eigenvalue weighted by molar-refractivity contribution is 9.10. The summed E-state index contributed by atoms with van der Waals surface area (Å²) in [5.41, 5.74) is -0.454. The van der Waals surface area contributed by atoms with Crippen LogP contribution in [0.25, 0.3) is 0 Å². The maximum absolute atomic E-state index is 11.1.